The van der Waals surface area contributed by atoms with Gasteiger partial charge in [0, 0.05) is 23.4 Å². The first-order chi connectivity index (χ1) is 12.5. The molecule has 2 heterocycles. The highest BCUT2D eigenvalue weighted by atomic mass is 19.1. The van der Waals surface area contributed by atoms with Gasteiger partial charge in [-0.1, -0.05) is 12.1 Å². The molecule has 0 aromatic heterocycles. The van der Waals surface area contributed by atoms with Crippen LogP contribution >= 0.6 is 0 Å². The van der Waals surface area contributed by atoms with Crippen molar-refractivity contribution >= 4 is 11.6 Å². The molecule has 2 fully saturated rings. The number of benzene rings is 1. The summed E-state index contributed by atoms with van der Waals surface area (Å²) in [5.41, 5.74) is 8.84. The third-order valence-electron chi connectivity index (χ3n) is 6.34. The molecule has 3 N–H and O–H groups in total. The molecule has 2 unspecified atom stereocenters. The first-order valence-corrected chi connectivity index (χ1v) is 9.69. The lowest BCUT2D eigenvalue weighted by atomic mass is 9.84. The number of rotatable bonds is 3. The molecule has 3 aliphatic rings. The molecule has 26 heavy (non-hydrogen) atoms. The molecule has 1 aliphatic carbocycles. The maximum absolute atomic E-state index is 13.2. The van der Waals surface area contributed by atoms with Gasteiger partial charge in [0.05, 0.1) is 0 Å². The number of nitrogens with one attached hydrogen (secondary N) is 1. The standard InChI is InChI=1S/C21H26FN3O/c22-15-7-5-13(6-8-15)14-11-16-9-10-17(12-14)25(16)21(26)20(24)18-3-1-2-4-19(18)23/h5-8,14,16-17,24H,1-4,9-12,23H2. The molecule has 2 atom stereocenters. The summed E-state index contributed by atoms with van der Waals surface area (Å²) in [6.07, 6.45) is 7.38. The minimum Gasteiger partial charge on any atom is -0.402 e. The summed E-state index contributed by atoms with van der Waals surface area (Å²) < 4.78 is 13.2. The van der Waals surface area contributed by atoms with E-state index < -0.39 is 0 Å². The van der Waals surface area contributed by atoms with Gasteiger partial charge in [-0.2, -0.15) is 0 Å². The summed E-state index contributed by atoms with van der Waals surface area (Å²) >= 11 is 0. The first-order valence-electron chi connectivity index (χ1n) is 9.69. The largest absolute Gasteiger partial charge is 0.402 e. The zero-order valence-electron chi connectivity index (χ0n) is 15.0. The Morgan fingerprint density at radius 2 is 1.69 bits per heavy atom. The van der Waals surface area contributed by atoms with Crippen LogP contribution in [0.15, 0.2) is 35.5 Å². The molecule has 2 bridgehead atoms. The van der Waals surface area contributed by atoms with Crippen LogP contribution in [0.3, 0.4) is 0 Å². The van der Waals surface area contributed by atoms with Crippen LogP contribution in [0.2, 0.25) is 0 Å². The van der Waals surface area contributed by atoms with Crippen molar-refractivity contribution in [2.75, 3.05) is 0 Å². The van der Waals surface area contributed by atoms with E-state index in [1.54, 1.807) is 0 Å². The Morgan fingerprint density at radius 1 is 1.08 bits per heavy atom. The molecule has 4 rings (SSSR count). The average Bonchev–Trinajstić information content (AvgIpc) is 2.91. The van der Waals surface area contributed by atoms with Gasteiger partial charge in [0.25, 0.3) is 5.91 Å². The number of allylic oxidation sites excluding steroid dienone is 1. The zero-order chi connectivity index (χ0) is 18.3. The summed E-state index contributed by atoms with van der Waals surface area (Å²) in [5, 5.41) is 8.43. The number of nitrogens with two attached hydrogens (primary N) is 1. The number of nitrogens with zero attached hydrogens (tertiary/aromatic N) is 1. The molecule has 138 valence electrons. The number of halogens is 1. The van der Waals surface area contributed by atoms with Crippen LogP contribution in [0.4, 0.5) is 4.39 Å². The Balaban J connectivity index is 1.50. The van der Waals surface area contributed by atoms with Gasteiger partial charge in [0.1, 0.15) is 11.5 Å². The lowest BCUT2D eigenvalue weighted by Gasteiger charge is -2.39. The summed E-state index contributed by atoms with van der Waals surface area (Å²) in [5.74, 6) is 0.0105. The Morgan fingerprint density at radius 3 is 2.31 bits per heavy atom. The quantitative estimate of drug-likeness (QED) is 0.808. The fraction of sp³-hybridized carbons (Fsp3) is 0.524. The van der Waals surface area contributed by atoms with Crippen LogP contribution < -0.4 is 5.73 Å². The molecule has 0 saturated carbocycles. The maximum Gasteiger partial charge on any atom is 0.272 e. The Bertz CT molecular complexity index is 741. The summed E-state index contributed by atoms with van der Waals surface area (Å²) in [6, 6.07) is 7.13. The van der Waals surface area contributed by atoms with Crippen LogP contribution in [0.25, 0.3) is 0 Å². The maximum atomic E-state index is 13.2. The van der Waals surface area contributed by atoms with Crippen LogP contribution in [-0.4, -0.2) is 28.6 Å². The molecule has 0 spiro atoms. The highest BCUT2D eigenvalue weighted by Gasteiger charge is 2.44. The number of amides is 1. The molecule has 2 saturated heterocycles. The second-order valence-electron chi connectivity index (χ2n) is 7.90. The number of fused-ring (bicyclic) bond motifs is 2. The van der Waals surface area contributed by atoms with Crippen molar-refractivity contribution in [3.05, 3.63) is 46.9 Å². The summed E-state index contributed by atoms with van der Waals surface area (Å²) in [7, 11) is 0. The minimum absolute atomic E-state index is 0.110. The van der Waals surface area contributed by atoms with Gasteiger partial charge >= 0.3 is 0 Å². The van der Waals surface area contributed by atoms with Crippen LogP contribution in [0.1, 0.15) is 62.8 Å². The van der Waals surface area contributed by atoms with Gasteiger partial charge in [-0.25, -0.2) is 4.39 Å². The fourth-order valence-electron chi connectivity index (χ4n) is 4.99. The number of carbonyl (C=O) groups is 1. The third kappa shape index (κ3) is 3.04. The SMILES string of the molecule is N=C(C(=O)N1C2CCC1CC(c1ccc(F)cc1)C2)C1=C(N)CCCC1. The van der Waals surface area contributed by atoms with E-state index in [2.05, 4.69) is 0 Å². The van der Waals surface area contributed by atoms with Crippen molar-refractivity contribution in [2.45, 2.75) is 69.4 Å². The van der Waals surface area contributed by atoms with Gasteiger partial charge in [-0.05, 0) is 75.0 Å². The van der Waals surface area contributed by atoms with Crippen molar-refractivity contribution in [1.82, 2.24) is 4.90 Å². The predicted octanol–water partition coefficient (Wildman–Crippen LogP) is 3.87. The van der Waals surface area contributed by atoms with Gasteiger partial charge in [0.2, 0.25) is 0 Å². The van der Waals surface area contributed by atoms with Crippen LogP contribution in [0.5, 0.6) is 0 Å². The van der Waals surface area contributed by atoms with E-state index in [0.717, 1.165) is 68.2 Å². The highest BCUT2D eigenvalue weighted by Crippen LogP contribution is 2.43. The van der Waals surface area contributed by atoms with E-state index in [-0.39, 0.29) is 29.5 Å². The van der Waals surface area contributed by atoms with Gasteiger partial charge < -0.3 is 10.6 Å². The van der Waals surface area contributed by atoms with E-state index in [4.69, 9.17) is 11.1 Å². The fourth-order valence-corrected chi connectivity index (χ4v) is 4.99. The molecule has 5 heteroatoms. The van der Waals surface area contributed by atoms with E-state index >= 15 is 0 Å². The zero-order valence-corrected chi connectivity index (χ0v) is 15.0. The molecule has 4 nitrogen and oxygen atoms in total. The number of hydrogen-bond acceptors (Lipinski definition) is 3. The summed E-state index contributed by atoms with van der Waals surface area (Å²) in [6.45, 7) is 0. The lowest BCUT2D eigenvalue weighted by Crippen LogP contribution is -2.49. The van der Waals surface area contributed by atoms with Crippen LogP contribution in [0, 0.1) is 11.2 Å². The Kier molecular flexibility index (Phi) is 4.55. The van der Waals surface area contributed by atoms with Crippen molar-refractivity contribution in [2.24, 2.45) is 5.73 Å². The minimum atomic E-state index is -0.212. The molecule has 1 amide bonds. The number of piperidine rings is 1. The first kappa shape index (κ1) is 17.3. The molecular weight excluding hydrogens is 329 g/mol. The van der Waals surface area contributed by atoms with E-state index in [9.17, 15) is 9.18 Å². The monoisotopic (exact) mass is 355 g/mol. The Labute approximate surface area is 153 Å². The second-order valence-corrected chi connectivity index (χ2v) is 7.90. The van der Waals surface area contributed by atoms with Gasteiger partial charge in [-0.15, -0.1) is 0 Å². The average molecular weight is 355 g/mol. The lowest BCUT2D eigenvalue weighted by molar-refractivity contribution is -0.128. The third-order valence-corrected chi connectivity index (χ3v) is 6.34. The Hall–Kier alpha value is -2.17. The van der Waals surface area contributed by atoms with Crippen molar-refractivity contribution in [3.8, 4) is 0 Å². The summed E-state index contributed by atoms with van der Waals surface area (Å²) in [4.78, 5) is 15.0. The number of hydrogen-bond donors (Lipinski definition) is 2. The van der Waals surface area contributed by atoms with Crippen molar-refractivity contribution in [3.63, 3.8) is 0 Å². The molecule has 2 aliphatic heterocycles. The molecule has 0 radical (unpaired) electrons. The molecule has 1 aromatic rings. The second kappa shape index (κ2) is 6.86. The smallest absolute Gasteiger partial charge is 0.272 e. The highest BCUT2D eigenvalue weighted by molar-refractivity contribution is 6.44. The van der Waals surface area contributed by atoms with Gasteiger partial charge in [-0.3, -0.25) is 10.2 Å². The molecular formula is C21H26FN3O. The number of carbonyl (C=O) groups excluding carboxylic acids is 1. The topological polar surface area (TPSA) is 70.2 Å². The van der Waals surface area contributed by atoms with E-state index in [1.165, 1.54) is 12.1 Å². The predicted molar refractivity (Wildman–Crippen MR) is 99.4 cm³/mol. The van der Waals surface area contributed by atoms with E-state index in [1.807, 2.05) is 17.0 Å². The molecule has 1 aromatic carbocycles. The normalized spacial score (nSPS) is 28.3. The van der Waals surface area contributed by atoms with Crippen LogP contribution in [-0.2, 0) is 4.79 Å². The van der Waals surface area contributed by atoms with Crippen molar-refractivity contribution < 1.29 is 9.18 Å². The van der Waals surface area contributed by atoms with Crippen molar-refractivity contribution in [1.29, 1.82) is 5.41 Å². The van der Waals surface area contributed by atoms with E-state index in [0.29, 0.717) is 5.92 Å². The van der Waals surface area contributed by atoms with Gasteiger partial charge in [0.15, 0.2) is 0 Å².